The van der Waals surface area contributed by atoms with Gasteiger partial charge in [-0.15, -0.1) is 0 Å². The second-order valence-corrected chi connectivity index (χ2v) is 13.1. The number of carbonyl (C=O) groups excluding carboxylic acids is 1. The van der Waals surface area contributed by atoms with Gasteiger partial charge in [-0.25, -0.2) is 4.79 Å². The van der Waals surface area contributed by atoms with Gasteiger partial charge in [-0.3, -0.25) is 4.90 Å². The molecule has 0 spiro atoms. The van der Waals surface area contributed by atoms with Crippen molar-refractivity contribution in [1.29, 1.82) is 0 Å². The number of rotatable bonds is 2. The van der Waals surface area contributed by atoms with E-state index in [2.05, 4.69) is 4.90 Å². The Hall–Kier alpha value is -0.730. The predicted molar refractivity (Wildman–Crippen MR) is 110 cm³/mol. The molecular formula is C25H39NO2. The topological polar surface area (TPSA) is 29.5 Å². The van der Waals surface area contributed by atoms with Crippen LogP contribution in [0.25, 0.3) is 0 Å². The van der Waals surface area contributed by atoms with Gasteiger partial charge in [0.15, 0.2) is 0 Å². The van der Waals surface area contributed by atoms with Crippen LogP contribution in [0.5, 0.6) is 0 Å². The summed E-state index contributed by atoms with van der Waals surface area (Å²) in [5.41, 5.74) is -0.175. The van der Waals surface area contributed by atoms with E-state index < -0.39 is 5.60 Å². The molecule has 0 N–H and O–H groups in total. The molecule has 0 aliphatic heterocycles. The molecule has 0 atom stereocenters. The molecule has 156 valence electrons. The Bertz CT molecular complexity index is 560. The summed E-state index contributed by atoms with van der Waals surface area (Å²) in [4.78, 5) is 16.4. The van der Waals surface area contributed by atoms with Gasteiger partial charge in [-0.1, -0.05) is 0 Å². The highest BCUT2D eigenvalue weighted by atomic mass is 16.6. The largest absolute Gasteiger partial charge is 0.444 e. The zero-order valence-corrected chi connectivity index (χ0v) is 18.2. The second kappa shape index (κ2) is 5.70. The summed E-state index contributed by atoms with van der Waals surface area (Å²) in [6, 6.07) is 0. The highest BCUT2D eigenvalue weighted by Gasteiger charge is 2.63. The van der Waals surface area contributed by atoms with Crippen molar-refractivity contribution >= 4 is 6.09 Å². The Morgan fingerprint density at radius 1 is 0.679 bits per heavy atom. The predicted octanol–water partition coefficient (Wildman–Crippen LogP) is 6.16. The van der Waals surface area contributed by atoms with Crippen LogP contribution in [0.2, 0.25) is 0 Å². The lowest BCUT2D eigenvalue weighted by molar-refractivity contribution is -0.168. The Kier molecular flexibility index (Phi) is 3.68. The van der Waals surface area contributed by atoms with Crippen LogP contribution in [-0.4, -0.2) is 27.7 Å². The minimum absolute atomic E-state index is 0.0383. The Labute approximate surface area is 170 Å². The first-order valence-corrected chi connectivity index (χ1v) is 12.3. The van der Waals surface area contributed by atoms with E-state index in [0.29, 0.717) is 0 Å². The summed E-state index contributed by atoms with van der Waals surface area (Å²) in [5, 5.41) is 0. The smallest absolute Gasteiger partial charge is 0.411 e. The first-order valence-electron chi connectivity index (χ1n) is 12.3. The highest BCUT2D eigenvalue weighted by Crippen LogP contribution is 2.64. The zero-order valence-electron chi connectivity index (χ0n) is 18.2. The summed E-state index contributed by atoms with van der Waals surface area (Å²) in [6.07, 6.45) is 16.2. The number of carbonyl (C=O) groups is 1. The summed E-state index contributed by atoms with van der Waals surface area (Å²) in [7, 11) is 0. The number of hydrogen-bond donors (Lipinski definition) is 0. The maximum Gasteiger partial charge on any atom is 0.411 e. The first-order chi connectivity index (χ1) is 13.2. The van der Waals surface area contributed by atoms with E-state index in [1.165, 1.54) is 77.0 Å². The average Bonchev–Trinajstić information content (AvgIpc) is 2.49. The summed E-state index contributed by atoms with van der Waals surface area (Å²) < 4.78 is 6.17. The molecule has 1 amide bonds. The van der Waals surface area contributed by atoms with E-state index in [1.54, 1.807) is 0 Å². The van der Waals surface area contributed by atoms with Crippen LogP contribution in [0.3, 0.4) is 0 Å². The first kappa shape index (κ1) is 18.1. The molecule has 0 aromatic carbocycles. The number of amides is 1. The summed E-state index contributed by atoms with van der Waals surface area (Å²) in [5.74, 6) is 5.19. The van der Waals surface area contributed by atoms with Crippen LogP contribution < -0.4 is 0 Å². The third-order valence-corrected chi connectivity index (χ3v) is 9.54. The summed E-state index contributed by atoms with van der Waals surface area (Å²) >= 11 is 0. The molecule has 0 aromatic heterocycles. The maximum atomic E-state index is 13.9. The molecule has 8 fully saturated rings. The molecule has 0 unspecified atom stereocenters. The highest BCUT2D eigenvalue weighted by molar-refractivity contribution is 5.71. The number of ether oxygens (including phenoxy) is 1. The lowest BCUT2D eigenvalue weighted by Crippen LogP contribution is -2.72. The van der Waals surface area contributed by atoms with Crippen molar-refractivity contribution in [2.45, 2.75) is 114 Å². The Morgan fingerprint density at radius 3 is 1.21 bits per heavy atom. The summed E-state index contributed by atoms with van der Waals surface area (Å²) in [6.45, 7) is 6.13. The maximum absolute atomic E-state index is 13.9. The zero-order chi connectivity index (χ0) is 19.3. The van der Waals surface area contributed by atoms with Gasteiger partial charge in [0.05, 0.1) is 0 Å². The van der Waals surface area contributed by atoms with E-state index in [4.69, 9.17) is 4.74 Å². The van der Waals surface area contributed by atoms with Gasteiger partial charge in [-0.05, 0) is 133 Å². The molecule has 8 bridgehead atoms. The van der Waals surface area contributed by atoms with Crippen LogP contribution >= 0.6 is 0 Å². The lowest BCUT2D eigenvalue weighted by atomic mass is 9.48. The van der Waals surface area contributed by atoms with Crippen LogP contribution in [0.4, 0.5) is 4.79 Å². The minimum Gasteiger partial charge on any atom is -0.444 e. The Morgan fingerprint density at radius 2 is 0.964 bits per heavy atom. The van der Waals surface area contributed by atoms with E-state index in [0.717, 1.165) is 35.5 Å². The lowest BCUT2D eigenvalue weighted by Gasteiger charge is -2.68. The van der Waals surface area contributed by atoms with Crippen LogP contribution in [-0.2, 0) is 4.74 Å². The van der Waals surface area contributed by atoms with Gasteiger partial charge in [0.1, 0.15) is 5.60 Å². The third-order valence-electron chi connectivity index (χ3n) is 9.54. The van der Waals surface area contributed by atoms with Gasteiger partial charge in [0.25, 0.3) is 0 Å². The fourth-order valence-electron chi connectivity index (χ4n) is 9.88. The van der Waals surface area contributed by atoms with E-state index in [1.807, 2.05) is 20.8 Å². The van der Waals surface area contributed by atoms with E-state index in [-0.39, 0.29) is 17.2 Å². The van der Waals surface area contributed by atoms with Crippen LogP contribution in [0.15, 0.2) is 0 Å². The van der Waals surface area contributed by atoms with Crippen LogP contribution in [0, 0.1) is 35.5 Å². The molecule has 8 aliphatic rings. The fraction of sp³-hybridized carbons (Fsp3) is 0.960. The molecule has 0 saturated heterocycles. The van der Waals surface area contributed by atoms with Gasteiger partial charge < -0.3 is 4.74 Å². The molecule has 3 heteroatoms. The van der Waals surface area contributed by atoms with Crippen LogP contribution in [0.1, 0.15) is 97.8 Å². The second-order valence-electron chi connectivity index (χ2n) is 13.1. The molecule has 8 saturated carbocycles. The van der Waals surface area contributed by atoms with Crippen molar-refractivity contribution in [2.24, 2.45) is 35.5 Å². The molecule has 28 heavy (non-hydrogen) atoms. The molecule has 0 radical (unpaired) electrons. The molecule has 0 aromatic rings. The van der Waals surface area contributed by atoms with Gasteiger partial charge >= 0.3 is 6.09 Å². The average molecular weight is 386 g/mol. The van der Waals surface area contributed by atoms with Gasteiger partial charge in [0.2, 0.25) is 0 Å². The standard InChI is InChI=1S/C25H39NO2/c1-23(2,3)28-22(27)26(24-10-16-4-17(11-24)6-18(5-16)12-24)25-13-19-7-20(14-25)9-21(8-19)15-25/h16-21H,4-15H2,1-3H3. The van der Waals surface area contributed by atoms with Crippen molar-refractivity contribution in [3.63, 3.8) is 0 Å². The van der Waals surface area contributed by atoms with Crippen molar-refractivity contribution in [3.05, 3.63) is 0 Å². The van der Waals surface area contributed by atoms with Gasteiger partial charge in [0, 0.05) is 11.1 Å². The van der Waals surface area contributed by atoms with Crippen molar-refractivity contribution in [1.82, 2.24) is 4.90 Å². The molecule has 0 heterocycles. The SMILES string of the molecule is CC(C)(C)OC(=O)N(C12CC3CC(CC(C3)C1)C2)C12CC3CC(CC(C3)C1)C2. The molecule has 8 aliphatic carbocycles. The monoisotopic (exact) mass is 385 g/mol. The van der Waals surface area contributed by atoms with Crippen molar-refractivity contribution < 1.29 is 9.53 Å². The van der Waals surface area contributed by atoms with Crippen molar-refractivity contribution in [2.75, 3.05) is 0 Å². The van der Waals surface area contributed by atoms with Crippen molar-refractivity contribution in [3.8, 4) is 0 Å². The van der Waals surface area contributed by atoms with Gasteiger partial charge in [-0.2, -0.15) is 0 Å². The Balaban J connectivity index is 1.41. The molecule has 8 rings (SSSR count). The third kappa shape index (κ3) is 2.70. The van der Waals surface area contributed by atoms with E-state index in [9.17, 15) is 4.79 Å². The molecule has 3 nitrogen and oxygen atoms in total. The molecular weight excluding hydrogens is 346 g/mol. The van der Waals surface area contributed by atoms with E-state index >= 15 is 0 Å². The number of nitrogens with zero attached hydrogens (tertiary/aromatic N) is 1. The minimum atomic E-state index is -0.403. The number of hydrogen-bond acceptors (Lipinski definition) is 2. The fourth-order valence-corrected chi connectivity index (χ4v) is 9.88. The normalized spacial score (nSPS) is 50.8. The quantitative estimate of drug-likeness (QED) is 0.569.